The van der Waals surface area contributed by atoms with Crippen molar-refractivity contribution >= 4 is 6.03 Å². The number of hydrogen-bond acceptors (Lipinski definition) is 3. The third-order valence-corrected chi connectivity index (χ3v) is 0.962. The molecule has 1 rings (SSSR count). The predicted molar refractivity (Wildman–Crippen MR) is 33.5 cm³/mol. The van der Waals surface area contributed by atoms with E-state index in [4.69, 9.17) is 5.73 Å². The lowest BCUT2D eigenvalue weighted by Gasteiger charge is -1.94. The first-order valence-electron chi connectivity index (χ1n) is 2.54. The molecule has 0 aliphatic carbocycles. The van der Waals surface area contributed by atoms with Crippen molar-refractivity contribution < 1.29 is 4.79 Å². The number of rotatable bonds is 0. The molecule has 0 saturated carbocycles. The topological polar surface area (TPSA) is 78.0 Å². The van der Waals surface area contributed by atoms with Gasteiger partial charge in [0.05, 0.1) is 6.20 Å². The molecule has 0 spiro atoms. The molecule has 0 unspecified atom stereocenters. The first-order valence-corrected chi connectivity index (χ1v) is 2.54. The normalized spacial score (nSPS) is 9.20. The van der Waals surface area contributed by atoms with Crippen LogP contribution in [0.15, 0.2) is 23.4 Å². The van der Waals surface area contributed by atoms with Gasteiger partial charge in [-0.1, -0.05) is 0 Å². The summed E-state index contributed by atoms with van der Waals surface area (Å²) in [4.78, 5) is 24.5. The number of carbonyl (C=O) groups is 1. The summed E-state index contributed by atoms with van der Waals surface area (Å²) in [6.45, 7) is 0. The Hall–Kier alpha value is -1.65. The van der Waals surface area contributed by atoms with E-state index in [0.717, 1.165) is 10.8 Å². The first kappa shape index (κ1) is 6.47. The van der Waals surface area contributed by atoms with Crippen LogP contribution in [-0.2, 0) is 0 Å². The minimum atomic E-state index is -0.799. The summed E-state index contributed by atoms with van der Waals surface area (Å²) < 4.78 is 0.771. The monoisotopic (exact) mass is 139 g/mol. The van der Waals surface area contributed by atoms with E-state index in [1.54, 1.807) is 0 Å². The molecule has 5 nitrogen and oxygen atoms in total. The fourth-order valence-electron chi connectivity index (χ4n) is 0.530. The van der Waals surface area contributed by atoms with E-state index in [2.05, 4.69) is 4.98 Å². The minimum absolute atomic E-state index is 0.519. The Labute approximate surface area is 56.1 Å². The van der Waals surface area contributed by atoms with E-state index in [1.165, 1.54) is 12.4 Å². The molecule has 1 aromatic rings. The van der Waals surface area contributed by atoms with E-state index in [1.807, 2.05) is 0 Å². The molecule has 0 aliphatic rings. The van der Waals surface area contributed by atoms with Crippen LogP contribution < -0.4 is 11.3 Å². The van der Waals surface area contributed by atoms with Crippen molar-refractivity contribution in [1.29, 1.82) is 0 Å². The van der Waals surface area contributed by atoms with Gasteiger partial charge < -0.3 is 5.73 Å². The fraction of sp³-hybridized carbons (Fsp3) is 0. The Balaban J connectivity index is 3.29. The smallest absolute Gasteiger partial charge is 0.325 e. The molecule has 0 saturated heterocycles. The van der Waals surface area contributed by atoms with Crippen LogP contribution in [-0.4, -0.2) is 15.6 Å². The molecule has 52 valence electrons. The number of primary amides is 1. The Morgan fingerprint density at radius 1 is 1.70 bits per heavy atom. The third kappa shape index (κ3) is 1.02. The number of nitrogens with zero attached hydrogens (tertiary/aromatic N) is 2. The highest BCUT2D eigenvalue weighted by molar-refractivity contribution is 5.74. The summed E-state index contributed by atoms with van der Waals surface area (Å²) in [5, 5.41) is 0. The van der Waals surface area contributed by atoms with E-state index < -0.39 is 11.6 Å². The SMILES string of the molecule is NC(=O)n1ccncc1=O. The van der Waals surface area contributed by atoms with E-state index in [0.29, 0.717) is 0 Å². The Bertz CT molecular complexity index is 304. The van der Waals surface area contributed by atoms with Gasteiger partial charge in [-0.05, 0) is 0 Å². The van der Waals surface area contributed by atoms with Gasteiger partial charge in [0, 0.05) is 12.4 Å². The highest BCUT2D eigenvalue weighted by Gasteiger charge is 1.97. The maximum absolute atomic E-state index is 10.7. The van der Waals surface area contributed by atoms with Crippen LogP contribution in [0.1, 0.15) is 0 Å². The minimum Gasteiger partial charge on any atom is -0.351 e. The van der Waals surface area contributed by atoms with Crippen molar-refractivity contribution in [2.24, 2.45) is 5.73 Å². The summed E-state index contributed by atoms with van der Waals surface area (Å²) in [5.41, 5.74) is 4.29. The molecule has 0 fully saturated rings. The molecule has 1 amide bonds. The van der Waals surface area contributed by atoms with E-state index in [9.17, 15) is 9.59 Å². The van der Waals surface area contributed by atoms with Crippen LogP contribution in [0.3, 0.4) is 0 Å². The van der Waals surface area contributed by atoms with Crippen molar-refractivity contribution in [2.75, 3.05) is 0 Å². The molecule has 0 aliphatic heterocycles. The molecule has 1 aromatic heterocycles. The van der Waals surface area contributed by atoms with Gasteiger partial charge in [0.25, 0.3) is 5.56 Å². The zero-order valence-corrected chi connectivity index (χ0v) is 5.02. The van der Waals surface area contributed by atoms with Crippen LogP contribution in [0.25, 0.3) is 0 Å². The molecule has 1 heterocycles. The molecular weight excluding hydrogens is 134 g/mol. The molecule has 5 heteroatoms. The standard InChI is InChI=1S/C5H5N3O2/c6-5(10)8-2-1-7-3-4(8)9/h1-3H,(H2,6,10). The van der Waals surface area contributed by atoms with Gasteiger partial charge in [-0.3, -0.25) is 9.78 Å². The molecule has 0 aromatic carbocycles. The number of aromatic nitrogens is 2. The molecular formula is C5H5N3O2. The fourth-order valence-corrected chi connectivity index (χ4v) is 0.530. The quantitative estimate of drug-likeness (QED) is 0.509. The lowest BCUT2D eigenvalue weighted by Crippen LogP contribution is -2.30. The van der Waals surface area contributed by atoms with Gasteiger partial charge in [0.2, 0.25) is 0 Å². The van der Waals surface area contributed by atoms with Crippen molar-refractivity contribution in [3.05, 3.63) is 28.9 Å². The number of hydrogen-bond donors (Lipinski definition) is 1. The van der Waals surface area contributed by atoms with E-state index >= 15 is 0 Å². The second-order valence-corrected chi connectivity index (χ2v) is 1.62. The third-order valence-electron chi connectivity index (χ3n) is 0.962. The second kappa shape index (κ2) is 2.30. The van der Waals surface area contributed by atoms with Gasteiger partial charge in [-0.2, -0.15) is 0 Å². The average molecular weight is 139 g/mol. The number of nitrogens with two attached hydrogens (primary N) is 1. The van der Waals surface area contributed by atoms with E-state index in [-0.39, 0.29) is 0 Å². The molecule has 0 atom stereocenters. The number of amides is 1. The van der Waals surface area contributed by atoms with Gasteiger partial charge in [-0.15, -0.1) is 0 Å². The van der Waals surface area contributed by atoms with Crippen LogP contribution in [0.4, 0.5) is 4.79 Å². The largest absolute Gasteiger partial charge is 0.351 e. The molecule has 0 radical (unpaired) electrons. The Kier molecular flexibility index (Phi) is 1.49. The van der Waals surface area contributed by atoms with Gasteiger partial charge in [-0.25, -0.2) is 9.36 Å². The summed E-state index contributed by atoms with van der Waals surface area (Å²) in [6, 6.07) is -0.799. The highest BCUT2D eigenvalue weighted by atomic mass is 16.2. The Morgan fingerprint density at radius 2 is 2.40 bits per heavy atom. The van der Waals surface area contributed by atoms with Crippen LogP contribution in [0.5, 0.6) is 0 Å². The summed E-state index contributed by atoms with van der Waals surface area (Å²) in [6.07, 6.45) is 3.54. The second-order valence-electron chi connectivity index (χ2n) is 1.62. The zero-order valence-electron chi connectivity index (χ0n) is 5.02. The summed E-state index contributed by atoms with van der Waals surface area (Å²) in [7, 11) is 0. The Morgan fingerprint density at radius 3 is 2.80 bits per heavy atom. The van der Waals surface area contributed by atoms with Gasteiger partial charge in [0.1, 0.15) is 0 Å². The molecule has 0 bridgehead atoms. The lowest BCUT2D eigenvalue weighted by atomic mass is 10.7. The van der Waals surface area contributed by atoms with Crippen molar-refractivity contribution in [3.63, 3.8) is 0 Å². The molecule has 10 heavy (non-hydrogen) atoms. The van der Waals surface area contributed by atoms with Gasteiger partial charge in [0.15, 0.2) is 0 Å². The van der Waals surface area contributed by atoms with Crippen molar-refractivity contribution in [1.82, 2.24) is 9.55 Å². The van der Waals surface area contributed by atoms with Crippen molar-refractivity contribution in [3.8, 4) is 0 Å². The van der Waals surface area contributed by atoms with Gasteiger partial charge >= 0.3 is 6.03 Å². The van der Waals surface area contributed by atoms with Crippen LogP contribution in [0.2, 0.25) is 0 Å². The van der Waals surface area contributed by atoms with Crippen molar-refractivity contribution in [2.45, 2.75) is 0 Å². The maximum atomic E-state index is 10.7. The summed E-state index contributed by atoms with van der Waals surface area (Å²) in [5.74, 6) is 0. The average Bonchev–Trinajstić information content (AvgIpc) is 1.88. The maximum Gasteiger partial charge on any atom is 0.325 e. The first-order chi connectivity index (χ1) is 4.72. The zero-order chi connectivity index (χ0) is 7.56. The number of carbonyl (C=O) groups excluding carboxylic acids is 1. The van der Waals surface area contributed by atoms with Crippen LogP contribution in [0, 0.1) is 0 Å². The summed E-state index contributed by atoms with van der Waals surface area (Å²) >= 11 is 0. The predicted octanol–water partition coefficient (Wildman–Crippen LogP) is -0.830. The van der Waals surface area contributed by atoms with Crippen LogP contribution >= 0.6 is 0 Å². The highest BCUT2D eigenvalue weighted by Crippen LogP contribution is 1.73. The lowest BCUT2D eigenvalue weighted by molar-refractivity contribution is 0.249. The molecule has 2 N–H and O–H groups in total.